The molecule has 0 unspecified atom stereocenters. The van der Waals surface area contributed by atoms with E-state index < -0.39 is 0 Å². The van der Waals surface area contributed by atoms with Crippen molar-refractivity contribution in [1.82, 2.24) is 0 Å². The molecule has 2 rings (SSSR count). The largest absolute Gasteiger partial charge is 0.308 e. The topological polar surface area (TPSA) is 15.0 Å². The van der Waals surface area contributed by atoms with Crippen molar-refractivity contribution >= 4 is 29.6 Å². The van der Waals surface area contributed by atoms with E-state index in [1.165, 1.54) is 5.56 Å². The van der Waals surface area contributed by atoms with Crippen molar-refractivity contribution in [1.29, 1.82) is 0 Å². The van der Waals surface area contributed by atoms with Gasteiger partial charge in [0.15, 0.2) is 0 Å². The molecular formula is C17H19N2S+. The quantitative estimate of drug-likeness (QED) is 0.376. The Labute approximate surface area is 125 Å². The maximum Gasteiger partial charge on any atom is 0.308 e. The van der Waals surface area contributed by atoms with Crippen LogP contribution < -0.4 is 5.32 Å². The Kier molecular flexibility index (Phi) is 5.02. The first-order valence-corrected chi connectivity index (χ1v) is 6.94. The smallest absolute Gasteiger partial charge is 0.255 e. The number of thiol groups is 1. The van der Waals surface area contributed by atoms with Crippen molar-refractivity contribution in [2.45, 2.75) is 6.54 Å². The number of hydrogen-bond donors (Lipinski definition) is 2. The average molecular weight is 283 g/mol. The zero-order valence-electron chi connectivity index (χ0n) is 11.6. The van der Waals surface area contributed by atoms with Gasteiger partial charge in [0.25, 0.3) is 0 Å². The summed E-state index contributed by atoms with van der Waals surface area (Å²) in [4.78, 5) is 0. The Morgan fingerprint density at radius 2 is 1.80 bits per heavy atom. The summed E-state index contributed by atoms with van der Waals surface area (Å²) in [5.41, 5.74) is 3.40. The van der Waals surface area contributed by atoms with E-state index in [4.69, 9.17) is 0 Å². The first-order valence-electron chi connectivity index (χ1n) is 6.49. The van der Waals surface area contributed by atoms with Crippen molar-refractivity contribution in [2.75, 3.05) is 12.4 Å². The number of rotatable bonds is 4. The molecule has 2 aromatic carbocycles. The summed E-state index contributed by atoms with van der Waals surface area (Å²) in [6.07, 6.45) is 1.85. The van der Waals surface area contributed by atoms with Gasteiger partial charge in [0.05, 0.1) is 7.05 Å². The Hall–Kier alpha value is -2.00. The summed E-state index contributed by atoms with van der Waals surface area (Å²) >= 11 is 4.52. The van der Waals surface area contributed by atoms with Crippen LogP contribution >= 0.6 is 12.6 Å². The number of anilines is 1. The molecule has 0 aliphatic heterocycles. The zero-order chi connectivity index (χ0) is 14.4. The van der Waals surface area contributed by atoms with Gasteiger partial charge in [0.2, 0.25) is 0 Å². The Bertz CT molecular complexity index is 601. The van der Waals surface area contributed by atoms with Crippen LogP contribution in [0.2, 0.25) is 0 Å². The summed E-state index contributed by atoms with van der Waals surface area (Å²) in [6, 6.07) is 18.4. The van der Waals surface area contributed by atoms with Gasteiger partial charge in [0.1, 0.15) is 12.2 Å². The molecule has 0 heterocycles. The molecule has 0 aliphatic rings. The van der Waals surface area contributed by atoms with Crippen LogP contribution in [0, 0.1) is 0 Å². The van der Waals surface area contributed by atoms with Crippen LogP contribution in [0.4, 0.5) is 5.69 Å². The van der Waals surface area contributed by atoms with Gasteiger partial charge in [0, 0.05) is 0 Å². The fourth-order valence-electron chi connectivity index (χ4n) is 1.85. The lowest BCUT2D eigenvalue weighted by atomic mass is 10.1. The maximum atomic E-state index is 4.52. The van der Waals surface area contributed by atoms with Gasteiger partial charge in [-0.25, -0.2) is 5.32 Å². The number of para-hydroxylation sites is 1. The van der Waals surface area contributed by atoms with Crippen LogP contribution in [0.5, 0.6) is 0 Å². The molecule has 102 valence electrons. The van der Waals surface area contributed by atoms with Crippen molar-refractivity contribution in [3.63, 3.8) is 0 Å². The molecule has 1 N–H and O–H groups in total. The lowest BCUT2D eigenvalue weighted by molar-refractivity contribution is -0.511. The third-order valence-corrected chi connectivity index (χ3v) is 3.48. The number of amidine groups is 1. The van der Waals surface area contributed by atoms with Gasteiger partial charge >= 0.3 is 5.17 Å². The first-order chi connectivity index (χ1) is 9.69. The Morgan fingerprint density at radius 1 is 1.15 bits per heavy atom. The van der Waals surface area contributed by atoms with Gasteiger partial charge in [-0.3, -0.25) is 4.58 Å². The predicted octanol–water partition coefficient (Wildman–Crippen LogP) is 3.87. The highest BCUT2D eigenvalue weighted by Gasteiger charge is 2.06. The molecule has 0 spiro atoms. The van der Waals surface area contributed by atoms with Crippen molar-refractivity contribution in [2.24, 2.45) is 0 Å². The highest BCUT2D eigenvalue weighted by molar-refractivity contribution is 7.97. The summed E-state index contributed by atoms with van der Waals surface area (Å²) in [5, 5.41) is 4.10. The third-order valence-electron chi connectivity index (χ3n) is 3.03. The van der Waals surface area contributed by atoms with Gasteiger partial charge in [-0.2, -0.15) is 0 Å². The lowest BCUT2D eigenvalue weighted by Gasteiger charge is -2.06. The van der Waals surface area contributed by atoms with E-state index in [1.807, 2.05) is 43.5 Å². The van der Waals surface area contributed by atoms with E-state index in [-0.39, 0.29) is 0 Å². The first kappa shape index (κ1) is 14.4. The molecule has 0 bridgehead atoms. The van der Waals surface area contributed by atoms with Gasteiger partial charge in [-0.15, -0.1) is 0 Å². The van der Waals surface area contributed by atoms with Gasteiger partial charge in [-0.1, -0.05) is 67.7 Å². The molecule has 0 aromatic heterocycles. The fourth-order valence-corrected chi connectivity index (χ4v) is 2.05. The molecular weight excluding hydrogens is 264 g/mol. The van der Waals surface area contributed by atoms with E-state index in [0.717, 1.165) is 23.0 Å². The molecule has 0 atom stereocenters. The molecule has 0 fully saturated rings. The molecule has 0 aliphatic carbocycles. The number of nitrogens with one attached hydrogen (secondary N) is 1. The molecule has 0 saturated carbocycles. The van der Waals surface area contributed by atoms with Crippen LogP contribution in [0.3, 0.4) is 0 Å². The third kappa shape index (κ3) is 4.00. The highest BCUT2D eigenvalue weighted by Crippen LogP contribution is 2.09. The average Bonchev–Trinajstić information content (AvgIpc) is 2.49. The number of benzene rings is 2. The zero-order valence-corrected chi connectivity index (χ0v) is 12.5. The van der Waals surface area contributed by atoms with Gasteiger partial charge < -0.3 is 0 Å². The van der Waals surface area contributed by atoms with Crippen molar-refractivity contribution < 1.29 is 4.58 Å². The molecule has 0 amide bonds. The summed E-state index contributed by atoms with van der Waals surface area (Å²) < 4.78 is 2.07. The maximum absolute atomic E-state index is 4.52. The highest BCUT2D eigenvalue weighted by atomic mass is 32.1. The van der Waals surface area contributed by atoms with Crippen LogP contribution in [-0.2, 0) is 6.54 Å². The predicted molar refractivity (Wildman–Crippen MR) is 90.5 cm³/mol. The minimum absolute atomic E-state index is 0.802. The monoisotopic (exact) mass is 283 g/mol. The van der Waals surface area contributed by atoms with E-state index in [9.17, 15) is 0 Å². The van der Waals surface area contributed by atoms with E-state index in [0.29, 0.717) is 0 Å². The summed E-state index contributed by atoms with van der Waals surface area (Å²) in [7, 11) is 2.01. The van der Waals surface area contributed by atoms with Crippen LogP contribution in [0.15, 0.2) is 61.2 Å². The Morgan fingerprint density at radius 3 is 2.40 bits per heavy atom. The molecule has 20 heavy (non-hydrogen) atoms. The SMILES string of the molecule is C=Cc1ccc(C[N+](C)=C(S)Nc2ccccc2)cc1. The fraction of sp³-hybridized carbons (Fsp3) is 0.118. The number of nitrogens with zero attached hydrogens (tertiary/aromatic N) is 1. The minimum atomic E-state index is 0.802. The molecule has 0 saturated heterocycles. The van der Waals surface area contributed by atoms with Crippen molar-refractivity contribution in [3.8, 4) is 0 Å². The van der Waals surface area contributed by atoms with Crippen LogP contribution in [-0.4, -0.2) is 16.8 Å². The van der Waals surface area contributed by atoms with Crippen molar-refractivity contribution in [3.05, 3.63) is 72.3 Å². The van der Waals surface area contributed by atoms with Crippen LogP contribution in [0.1, 0.15) is 11.1 Å². The van der Waals surface area contributed by atoms with E-state index >= 15 is 0 Å². The summed E-state index contributed by atoms with van der Waals surface area (Å²) in [6.45, 7) is 4.56. The second kappa shape index (κ2) is 6.96. The molecule has 2 aromatic rings. The minimum Gasteiger partial charge on any atom is -0.255 e. The van der Waals surface area contributed by atoms with Crippen LogP contribution in [0.25, 0.3) is 6.08 Å². The second-order valence-electron chi connectivity index (χ2n) is 4.62. The molecule has 0 radical (unpaired) electrons. The number of hydrogen-bond acceptors (Lipinski definition) is 0. The molecule has 2 nitrogen and oxygen atoms in total. The van der Waals surface area contributed by atoms with Gasteiger partial charge in [-0.05, 0) is 23.3 Å². The Balaban J connectivity index is 2.06. The standard InChI is InChI=1S/C17H18N2S/c1-3-14-9-11-15(12-10-14)13-19(2)17(20)18-16-7-5-4-6-8-16/h3-12H,1,13H2,2H3,(H,18,20)/p+1. The lowest BCUT2D eigenvalue weighted by Crippen LogP contribution is -2.19. The second-order valence-corrected chi connectivity index (χ2v) is 5.04. The van der Waals surface area contributed by atoms with E-state index in [2.05, 4.69) is 53.4 Å². The van der Waals surface area contributed by atoms with E-state index in [1.54, 1.807) is 0 Å². The molecule has 3 heteroatoms. The summed E-state index contributed by atoms with van der Waals surface area (Å²) in [5.74, 6) is 0. The normalized spacial score (nSPS) is 11.7.